The van der Waals surface area contributed by atoms with E-state index in [0.29, 0.717) is 17.4 Å². The first-order valence-electron chi connectivity index (χ1n) is 10.3. The lowest BCUT2D eigenvalue weighted by Gasteiger charge is -2.38. The van der Waals surface area contributed by atoms with Crippen molar-refractivity contribution in [2.24, 2.45) is 5.92 Å². The molecular formula is C26H25NO2. The van der Waals surface area contributed by atoms with E-state index in [1.165, 1.54) is 22.3 Å². The van der Waals surface area contributed by atoms with Gasteiger partial charge >= 0.3 is 5.97 Å². The van der Waals surface area contributed by atoms with Gasteiger partial charge in [0.2, 0.25) is 0 Å². The van der Waals surface area contributed by atoms with E-state index in [0.717, 1.165) is 17.7 Å². The molecule has 3 nitrogen and oxygen atoms in total. The van der Waals surface area contributed by atoms with Crippen LogP contribution >= 0.6 is 0 Å². The predicted octanol–water partition coefficient (Wildman–Crippen LogP) is 5.98. The van der Waals surface area contributed by atoms with Gasteiger partial charge in [0.15, 0.2) is 0 Å². The summed E-state index contributed by atoms with van der Waals surface area (Å²) in [6.07, 6.45) is 1.00. The fourth-order valence-electron chi connectivity index (χ4n) is 5.11. The summed E-state index contributed by atoms with van der Waals surface area (Å²) in [5.41, 5.74) is 7.87. The normalized spacial score (nSPS) is 21.8. The molecule has 0 radical (unpaired) electrons. The van der Waals surface area contributed by atoms with Crippen LogP contribution in [0, 0.1) is 5.92 Å². The van der Waals surface area contributed by atoms with Gasteiger partial charge in [0.1, 0.15) is 0 Å². The summed E-state index contributed by atoms with van der Waals surface area (Å²) in [6.45, 7) is 4.43. The molecule has 5 rings (SSSR count). The van der Waals surface area contributed by atoms with Gasteiger partial charge in [-0.3, -0.25) is 0 Å². The summed E-state index contributed by atoms with van der Waals surface area (Å²) in [5, 5.41) is 13.2. The quantitative estimate of drug-likeness (QED) is 0.585. The number of rotatable bonds is 3. The maximum absolute atomic E-state index is 11.6. The molecule has 0 spiro atoms. The molecule has 29 heavy (non-hydrogen) atoms. The van der Waals surface area contributed by atoms with Gasteiger partial charge in [-0.25, -0.2) is 4.79 Å². The van der Waals surface area contributed by atoms with Gasteiger partial charge in [0.05, 0.1) is 11.6 Å². The molecule has 0 saturated heterocycles. The minimum absolute atomic E-state index is 0.205. The Bertz CT molecular complexity index is 1080. The van der Waals surface area contributed by atoms with E-state index < -0.39 is 5.97 Å². The van der Waals surface area contributed by atoms with Gasteiger partial charge in [0.25, 0.3) is 0 Å². The zero-order valence-corrected chi connectivity index (χ0v) is 16.7. The van der Waals surface area contributed by atoms with Crippen LogP contribution in [0.25, 0.3) is 0 Å². The van der Waals surface area contributed by atoms with E-state index in [1.807, 2.05) is 12.1 Å². The third-order valence-electron chi connectivity index (χ3n) is 6.61. The molecule has 0 aromatic heterocycles. The summed E-state index contributed by atoms with van der Waals surface area (Å²) in [7, 11) is 0. The molecule has 1 heterocycles. The molecule has 0 bridgehead atoms. The minimum atomic E-state index is -0.873. The number of hydrogen-bond donors (Lipinski definition) is 2. The average molecular weight is 383 g/mol. The summed E-state index contributed by atoms with van der Waals surface area (Å²) < 4.78 is 0. The topological polar surface area (TPSA) is 49.3 Å². The van der Waals surface area contributed by atoms with E-state index in [9.17, 15) is 9.90 Å². The van der Waals surface area contributed by atoms with Crippen LogP contribution in [0.3, 0.4) is 0 Å². The molecule has 3 heteroatoms. The highest BCUT2D eigenvalue weighted by molar-refractivity contribution is 5.89. The highest BCUT2D eigenvalue weighted by Crippen LogP contribution is 2.53. The van der Waals surface area contributed by atoms with E-state index in [-0.39, 0.29) is 12.0 Å². The standard InChI is InChI=1S/C26H25NO2/c1-15(2)16-7-9-17(10-8-16)25-22-13-18-5-3-4-6-20(18)24(22)21-14-19(26(28)29)11-12-23(21)27-25/h3-12,14-15,22,24-25,27H,13H2,1-2H3,(H,28,29)/t22-,24+,25+/m1/s1. The number of nitrogens with one attached hydrogen (secondary N) is 1. The van der Waals surface area contributed by atoms with Gasteiger partial charge < -0.3 is 10.4 Å². The van der Waals surface area contributed by atoms with Crippen molar-refractivity contribution in [2.75, 3.05) is 5.32 Å². The lowest BCUT2D eigenvalue weighted by Crippen LogP contribution is -2.30. The number of carbonyl (C=O) groups is 1. The van der Waals surface area contributed by atoms with Crippen LogP contribution in [0.4, 0.5) is 5.69 Å². The van der Waals surface area contributed by atoms with Crippen LogP contribution in [0.5, 0.6) is 0 Å². The summed E-state index contributed by atoms with van der Waals surface area (Å²) in [4.78, 5) is 11.6. The van der Waals surface area contributed by atoms with Crippen LogP contribution < -0.4 is 5.32 Å². The molecule has 3 atom stereocenters. The Labute approximate surface area is 171 Å². The van der Waals surface area contributed by atoms with Crippen molar-refractivity contribution < 1.29 is 9.90 Å². The molecule has 2 N–H and O–H groups in total. The van der Waals surface area contributed by atoms with E-state index in [2.05, 4.69) is 67.7 Å². The van der Waals surface area contributed by atoms with E-state index >= 15 is 0 Å². The molecule has 3 aromatic carbocycles. The first-order chi connectivity index (χ1) is 14.0. The van der Waals surface area contributed by atoms with Crippen molar-refractivity contribution in [3.05, 3.63) is 100 Å². The zero-order chi connectivity index (χ0) is 20.1. The molecule has 0 fully saturated rings. The number of fused-ring (bicyclic) bond motifs is 5. The maximum Gasteiger partial charge on any atom is 0.335 e. The number of carboxylic acids is 1. The van der Waals surface area contributed by atoms with Crippen molar-refractivity contribution in [3.63, 3.8) is 0 Å². The molecule has 2 aliphatic rings. The summed E-state index contributed by atoms with van der Waals surface area (Å²) >= 11 is 0. The van der Waals surface area contributed by atoms with Crippen LogP contribution in [-0.4, -0.2) is 11.1 Å². The fraction of sp³-hybridized carbons (Fsp3) is 0.269. The van der Waals surface area contributed by atoms with Crippen LogP contribution in [-0.2, 0) is 6.42 Å². The van der Waals surface area contributed by atoms with E-state index in [1.54, 1.807) is 6.07 Å². The third-order valence-corrected chi connectivity index (χ3v) is 6.61. The molecular weight excluding hydrogens is 358 g/mol. The largest absolute Gasteiger partial charge is 0.478 e. The Kier molecular flexibility index (Phi) is 4.20. The van der Waals surface area contributed by atoms with Crippen LogP contribution in [0.2, 0.25) is 0 Å². The zero-order valence-electron chi connectivity index (χ0n) is 16.7. The summed E-state index contributed by atoms with van der Waals surface area (Å²) in [6, 6.07) is 23.3. The highest BCUT2D eigenvalue weighted by atomic mass is 16.4. The Morgan fingerprint density at radius 2 is 1.76 bits per heavy atom. The van der Waals surface area contributed by atoms with Crippen molar-refractivity contribution in [2.45, 2.75) is 38.1 Å². The van der Waals surface area contributed by atoms with Gasteiger partial charge in [-0.15, -0.1) is 0 Å². The van der Waals surface area contributed by atoms with Crippen LogP contribution in [0.1, 0.15) is 69.9 Å². The fourth-order valence-corrected chi connectivity index (χ4v) is 5.11. The van der Waals surface area contributed by atoms with Gasteiger partial charge in [-0.1, -0.05) is 62.4 Å². The second kappa shape index (κ2) is 6.77. The van der Waals surface area contributed by atoms with Gasteiger partial charge in [-0.2, -0.15) is 0 Å². The minimum Gasteiger partial charge on any atom is -0.478 e. The first kappa shape index (κ1) is 18.0. The number of hydrogen-bond acceptors (Lipinski definition) is 2. The molecule has 146 valence electrons. The Balaban J connectivity index is 1.63. The summed E-state index contributed by atoms with van der Waals surface area (Å²) in [5.74, 6) is 0.231. The molecule has 1 aliphatic carbocycles. The first-order valence-corrected chi connectivity index (χ1v) is 10.3. The number of anilines is 1. The number of benzene rings is 3. The lowest BCUT2D eigenvalue weighted by molar-refractivity contribution is 0.0696. The molecule has 0 saturated carbocycles. The van der Waals surface area contributed by atoms with E-state index in [4.69, 9.17) is 0 Å². The molecule has 3 aromatic rings. The average Bonchev–Trinajstić information content (AvgIpc) is 3.12. The van der Waals surface area contributed by atoms with Gasteiger partial charge in [0, 0.05) is 11.6 Å². The maximum atomic E-state index is 11.6. The monoisotopic (exact) mass is 383 g/mol. The SMILES string of the molecule is CC(C)c1ccc([C@@H]2Nc3ccc(C(=O)O)cc3[C@@H]3c4ccccc4C[C@H]32)cc1. The molecule has 0 amide bonds. The number of aromatic carboxylic acids is 1. The smallest absolute Gasteiger partial charge is 0.335 e. The van der Waals surface area contributed by atoms with Crippen molar-refractivity contribution in [1.82, 2.24) is 0 Å². The molecule has 1 aliphatic heterocycles. The highest BCUT2D eigenvalue weighted by Gasteiger charge is 2.43. The van der Waals surface area contributed by atoms with Crippen molar-refractivity contribution >= 4 is 11.7 Å². The second-order valence-corrected chi connectivity index (χ2v) is 8.60. The number of carboxylic acid groups (broad SMARTS) is 1. The predicted molar refractivity (Wildman–Crippen MR) is 116 cm³/mol. The van der Waals surface area contributed by atoms with Crippen LogP contribution in [0.15, 0.2) is 66.7 Å². The molecule has 0 unspecified atom stereocenters. The second-order valence-electron chi connectivity index (χ2n) is 8.60. The van der Waals surface area contributed by atoms with Crippen molar-refractivity contribution in [1.29, 1.82) is 0 Å². The third kappa shape index (κ3) is 2.93. The van der Waals surface area contributed by atoms with Gasteiger partial charge in [-0.05, 0) is 64.3 Å². The lowest BCUT2D eigenvalue weighted by atomic mass is 9.75. The van der Waals surface area contributed by atoms with Crippen molar-refractivity contribution in [3.8, 4) is 0 Å². The Morgan fingerprint density at radius 3 is 2.48 bits per heavy atom. The Morgan fingerprint density at radius 1 is 1.00 bits per heavy atom. The Hall–Kier alpha value is -3.07.